The number of guanidine groups is 1. The van der Waals surface area contributed by atoms with Crippen LogP contribution in [0.4, 0.5) is 0 Å². The Morgan fingerprint density at radius 2 is 1.97 bits per heavy atom. The van der Waals surface area contributed by atoms with E-state index >= 15 is 0 Å². The van der Waals surface area contributed by atoms with E-state index in [9.17, 15) is 4.79 Å². The van der Waals surface area contributed by atoms with Crippen LogP contribution >= 0.6 is 24.0 Å². The maximum atomic E-state index is 12.2. The lowest BCUT2D eigenvalue weighted by Crippen LogP contribution is -2.44. The minimum absolute atomic E-state index is 0. The van der Waals surface area contributed by atoms with Crippen LogP contribution in [0.1, 0.15) is 36.7 Å². The largest absolute Gasteiger partial charge is 0.357 e. The number of likely N-dealkylation sites (tertiary alicyclic amines) is 1. The number of rotatable bonds is 7. The van der Waals surface area contributed by atoms with Gasteiger partial charge < -0.3 is 20.1 Å². The van der Waals surface area contributed by atoms with E-state index in [2.05, 4.69) is 49.4 Å². The Bertz CT molecular complexity index is 813. The van der Waals surface area contributed by atoms with E-state index in [4.69, 9.17) is 0 Å². The van der Waals surface area contributed by atoms with Gasteiger partial charge in [0.25, 0.3) is 0 Å². The summed E-state index contributed by atoms with van der Waals surface area (Å²) in [5.74, 6) is 1.82. The van der Waals surface area contributed by atoms with Gasteiger partial charge in [0, 0.05) is 38.6 Å². The van der Waals surface area contributed by atoms with E-state index in [-0.39, 0.29) is 36.4 Å². The first-order valence-electron chi connectivity index (χ1n) is 10.0. The highest BCUT2D eigenvalue weighted by Crippen LogP contribution is 2.10. The van der Waals surface area contributed by atoms with Crippen molar-refractivity contribution in [2.24, 2.45) is 4.99 Å². The van der Waals surface area contributed by atoms with Crippen LogP contribution in [0.25, 0.3) is 0 Å². The van der Waals surface area contributed by atoms with Crippen molar-refractivity contribution in [2.75, 3.05) is 26.2 Å². The highest BCUT2D eigenvalue weighted by Gasteiger charge is 2.17. The smallest absolute Gasteiger partial charge is 0.241 e. The zero-order valence-corrected chi connectivity index (χ0v) is 19.6. The average molecular weight is 510 g/mol. The molecule has 0 atom stereocenters. The molecule has 0 bridgehead atoms. The SMILES string of the molecule is CCNC(=NCc1cccc(Cn2ccnc2C)c1)NCC(=O)N1CCCC1.I. The number of imidazole rings is 1. The number of halogens is 1. The summed E-state index contributed by atoms with van der Waals surface area (Å²) < 4.78 is 2.12. The Morgan fingerprint density at radius 1 is 1.21 bits per heavy atom. The molecule has 1 amide bonds. The molecule has 1 aromatic heterocycles. The van der Waals surface area contributed by atoms with E-state index in [0.717, 1.165) is 50.4 Å². The third kappa shape index (κ3) is 7.02. The molecule has 2 heterocycles. The Kier molecular flexibility index (Phi) is 9.43. The molecule has 1 aliphatic rings. The van der Waals surface area contributed by atoms with Gasteiger partial charge in [-0.15, -0.1) is 24.0 Å². The molecule has 0 aliphatic carbocycles. The van der Waals surface area contributed by atoms with Crippen molar-refractivity contribution in [3.63, 3.8) is 0 Å². The number of nitrogens with zero attached hydrogens (tertiary/aromatic N) is 4. The number of nitrogens with one attached hydrogen (secondary N) is 2. The number of hydrogen-bond acceptors (Lipinski definition) is 3. The van der Waals surface area contributed by atoms with Gasteiger partial charge in [0.2, 0.25) is 5.91 Å². The molecule has 2 N–H and O–H groups in total. The summed E-state index contributed by atoms with van der Waals surface area (Å²) in [6.45, 7) is 8.17. The van der Waals surface area contributed by atoms with Crippen LogP contribution in [0.5, 0.6) is 0 Å². The first kappa shape index (κ1) is 23.2. The Morgan fingerprint density at radius 3 is 2.66 bits per heavy atom. The molecule has 1 aliphatic heterocycles. The monoisotopic (exact) mass is 510 g/mol. The van der Waals surface area contributed by atoms with Crippen molar-refractivity contribution in [3.8, 4) is 0 Å². The summed E-state index contributed by atoms with van der Waals surface area (Å²) >= 11 is 0. The molecular formula is C21H31IN6O. The van der Waals surface area contributed by atoms with Crippen molar-refractivity contribution in [3.05, 3.63) is 53.6 Å². The molecule has 1 fully saturated rings. The summed E-state index contributed by atoms with van der Waals surface area (Å²) in [5, 5.41) is 6.37. The number of aromatic nitrogens is 2. The summed E-state index contributed by atoms with van der Waals surface area (Å²) in [6, 6.07) is 8.42. The van der Waals surface area contributed by atoms with E-state index in [0.29, 0.717) is 12.5 Å². The quantitative estimate of drug-likeness (QED) is 0.341. The number of aliphatic imine (C=N–C) groups is 1. The third-order valence-electron chi connectivity index (χ3n) is 4.90. The zero-order valence-electron chi connectivity index (χ0n) is 17.2. The van der Waals surface area contributed by atoms with E-state index < -0.39 is 0 Å². The van der Waals surface area contributed by atoms with Crippen LogP contribution in [0, 0.1) is 6.92 Å². The Hall–Kier alpha value is -2.10. The zero-order chi connectivity index (χ0) is 19.8. The van der Waals surface area contributed by atoms with E-state index in [1.807, 2.05) is 31.1 Å². The molecule has 158 valence electrons. The highest BCUT2D eigenvalue weighted by molar-refractivity contribution is 14.0. The van der Waals surface area contributed by atoms with Gasteiger partial charge in [0.05, 0.1) is 13.1 Å². The van der Waals surface area contributed by atoms with Crippen LogP contribution < -0.4 is 10.6 Å². The molecule has 7 nitrogen and oxygen atoms in total. The fourth-order valence-electron chi connectivity index (χ4n) is 3.34. The fourth-order valence-corrected chi connectivity index (χ4v) is 3.34. The van der Waals surface area contributed by atoms with Crippen molar-refractivity contribution >= 4 is 35.8 Å². The predicted molar refractivity (Wildman–Crippen MR) is 127 cm³/mol. The van der Waals surface area contributed by atoms with Crippen LogP contribution in [0.2, 0.25) is 0 Å². The number of aryl methyl sites for hydroxylation is 1. The van der Waals surface area contributed by atoms with Gasteiger partial charge >= 0.3 is 0 Å². The third-order valence-corrected chi connectivity index (χ3v) is 4.90. The van der Waals surface area contributed by atoms with Crippen LogP contribution in [-0.2, 0) is 17.9 Å². The Labute approximate surface area is 190 Å². The molecule has 0 unspecified atom stereocenters. The first-order valence-corrected chi connectivity index (χ1v) is 10.0. The maximum Gasteiger partial charge on any atom is 0.241 e. The minimum Gasteiger partial charge on any atom is -0.357 e. The molecule has 29 heavy (non-hydrogen) atoms. The van der Waals surface area contributed by atoms with Crippen molar-refractivity contribution < 1.29 is 4.79 Å². The lowest BCUT2D eigenvalue weighted by molar-refractivity contribution is -0.128. The molecule has 3 rings (SSSR count). The van der Waals surface area contributed by atoms with Gasteiger partial charge in [0.1, 0.15) is 5.82 Å². The number of carbonyl (C=O) groups is 1. The lowest BCUT2D eigenvalue weighted by Gasteiger charge is -2.17. The molecule has 1 saturated heterocycles. The first-order chi connectivity index (χ1) is 13.7. The maximum absolute atomic E-state index is 12.2. The second kappa shape index (κ2) is 11.8. The van der Waals surface area contributed by atoms with Gasteiger partial charge in [-0.25, -0.2) is 9.98 Å². The predicted octanol–water partition coefficient (Wildman–Crippen LogP) is 2.54. The fraction of sp³-hybridized carbons (Fsp3) is 0.476. The van der Waals surface area contributed by atoms with Gasteiger partial charge in [-0.3, -0.25) is 4.79 Å². The minimum atomic E-state index is 0. The molecule has 0 spiro atoms. The number of benzene rings is 1. The standard InChI is InChI=1S/C21H30N6O.HI/c1-3-22-21(25-15-20(28)26-10-4-5-11-26)24-14-18-7-6-8-19(13-18)16-27-12-9-23-17(27)2;/h6-9,12-13H,3-5,10-11,14-16H2,1-2H3,(H2,22,24,25);1H. The van der Waals surface area contributed by atoms with Gasteiger partial charge in [-0.2, -0.15) is 0 Å². The highest BCUT2D eigenvalue weighted by atomic mass is 127. The van der Waals surface area contributed by atoms with Crippen molar-refractivity contribution in [2.45, 2.75) is 39.8 Å². The second-order valence-electron chi connectivity index (χ2n) is 7.06. The molecule has 2 aromatic rings. The number of hydrogen-bond donors (Lipinski definition) is 2. The molecule has 1 aromatic carbocycles. The van der Waals surface area contributed by atoms with Gasteiger partial charge in [0.15, 0.2) is 5.96 Å². The second-order valence-corrected chi connectivity index (χ2v) is 7.06. The van der Waals surface area contributed by atoms with Crippen molar-refractivity contribution in [1.29, 1.82) is 0 Å². The van der Waals surface area contributed by atoms with Gasteiger partial charge in [-0.05, 0) is 37.8 Å². The molecule has 8 heteroatoms. The summed E-state index contributed by atoms with van der Waals surface area (Å²) in [4.78, 5) is 23.1. The molecule has 0 radical (unpaired) electrons. The topological polar surface area (TPSA) is 74.5 Å². The molecule has 0 saturated carbocycles. The van der Waals surface area contributed by atoms with Gasteiger partial charge in [-0.1, -0.05) is 24.3 Å². The van der Waals surface area contributed by atoms with E-state index in [1.54, 1.807) is 0 Å². The Balaban J connectivity index is 0.00000300. The van der Waals surface area contributed by atoms with Crippen LogP contribution in [0.15, 0.2) is 41.7 Å². The summed E-state index contributed by atoms with van der Waals surface area (Å²) in [7, 11) is 0. The normalized spacial score (nSPS) is 13.9. The molecular weight excluding hydrogens is 479 g/mol. The average Bonchev–Trinajstić information content (AvgIpc) is 3.37. The van der Waals surface area contributed by atoms with E-state index in [1.165, 1.54) is 5.56 Å². The van der Waals surface area contributed by atoms with Crippen LogP contribution in [-0.4, -0.2) is 52.5 Å². The van der Waals surface area contributed by atoms with Crippen molar-refractivity contribution in [1.82, 2.24) is 25.1 Å². The lowest BCUT2D eigenvalue weighted by atomic mass is 10.1. The van der Waals surface area contributed by atoms with Crippen LogP contribution in [0.3, 0.4) is 0 Å². The summed E-state index contributed by atoms with van der Waals surface area (Å²) in [5.41, 5.74) is 2.36. The number of amides is 1. The summed E-state index contributed by atoms with van der Waals surface area (Å²) in [6.07, 6.45) is 6.02. The number of carbonyl (C=O) groups excluding carboxylic acids is 1.